The SMILES string of the molecule is Cc1ccc(N(c2cc3c(c4ccccc24)-c2c(cc(N(c4ccc(C)cc4)c4cccc5c4oc4ccccc45)c4ccccc24)C32c3ccccc3-n3c4ccccc4c4cccc2c43)c2cccc3c2oc2ccccc23)cc1. The van der Waals surface area contributed by atoms with Gasteiger partial charge in [0.05, 0.1) is 44.9 Å². The molecule has 0 N–H and O–H groups in total. The summed E-state index contributed by atoms with van der Waals surface area (Å²) in [6, 6.07) is 96.6. The van der Waals surface area contributed by atoms with E-state index in [0.717, 1.165) is 88.8 Å². The van der Waals surface area contributed by atoms with Gasteiger partial charge in [-0.05, 0) is 131 Å². The molecule has 0 saturated heterocycles. The second-order valence-corrected chi connectivity index (χ2v) is 22.4. The minimum Gasteiger partial charge on any atom is -0.454 e. The Morgan fingerprint density at radius 1 is 0.317 bits per heavy atom. The van der Waals surface area contributed by atoms with Gasteiger partial charge in [0.15, 0.2) is 11.2 Å². The number of anilines is 6. The Morgan fingerprint density at radius 3 is 1.28 bits per heavy atom. The summed E-state index contributed by atoms with van der Waals surface area (Å²) in [7, 11) is 0. The highest BCUT2D eigenvalue weighted by atomic mass is 16.3. The summed E-state index contributed by atoms with van der Waals surface area (Å²) in [5, 5.41) is 11.4. The normalized spacial score (nSPS) is 13.1. The summed E-state index contributed by atoms with van der Waals surface area (Å²) < 4.78 is 16.5. The summed E-state index contributed by atoms with van der Waals surface area (Å²) in [4.78, 5) is 4.93. The molecule has 82 heavy (non-hydrogen) atoms. The molecule has 13 aromatic carbocycles. The zero-order valence-electron chi connectivity index (χ0n) is 45.0. The molecule has 0 radical (unpaired) electrons. The average Bonchev–Trinajstić information content (AvgIpc) is 1.80. The molecule has 16 aromatic rings. The Balaban J connectivity index is 1.03. The largest absolute Gasteiger partial charge is 0.454 e. The maximum atomic E-state index is 7.00. The zero-order chi connectivity index (χ0) is 53.9. The lowest BCUT2D eigenvalue weighted by molar-refractivity contribution is 0.669. The summed E-state index contributed by atoms with van der Waals surface area (Å²) in [5.41, 5.74) is 22.1. The lowest BCUT2D eigenvalue weighted by Crippen LogP contribution is -2.34. The van der Waals surface area contributed by atoms with Crippen molar-refractivity contribution in [3.63, 3.8) is 0 Å². The number of hydrogen-bond acceptors (Lipinski definition) is 4. The van der Waals surface area contributed by atoms with Crippen LogP contribution in [-0.2, 0) is 5.41 Å². The molecule has 2 aliphatic rings. The predicted octanol–water partition coefficient (Wildman–Crippen LogP) is 21.1. The molecule has 0 fully saturated rings. The van der Waals surface area contributed by atoms with Crippen molar-refractivity contribution in [1.82, 2.24) is 4.57 Å². The molecular formula is C77H49N3O2. The topological polar surface area (TPSA) is 37.7 Å². The Kier molecular flexibility index (Phi) is 9.23. The van der Waals surface area contributed by atoms with E-state index in [0.29, 0.717) is 0 Å². The zero-order valence-corrected chi connectivity index (χ0v) is 45.0. The number of benzene rings is 13. The quantitative estimate of drug-likeness (QED) is 0.166. The third kappa shape index (κ3) is 5.96. The standard InChI is InChI=1S/C77H49N3O2/c1-46-36-40-48(41-37-46)78(66-32-16-26-58-53-21-8-13-34-70(53)81-75(58)66)68-44-62-72(55-23-5-3-18-50(55)68)73-56-24-6-4-19-51(56)69(79(49-42-38-47(2)39-43-49)67-33-17-27-59-54-22-9-14-35-71(54)82-76(59)67)45-63(73)77(62)60-28-10-12-31-65(60)80-64-30-11-7-20-52(64)57-25-15-29-61(77)74(57)80/h3-45H,1-2H3. The van der Waals surface area contributed by atoms with Gasteiger partial charge in [0, 0.05) is 54.5 Å². The van der Waals surface area contributed by atoms with Crippen molar-refractivity contribution < 1.29 is 8.83 Å². The Bertz CT molecular complexity index is 5130. The molecular weight excluding hydrogens is 999 g/mol. The van der Waals surface area contributed by atoms with Crippen LogP contribution < -0.4 is 9.80 Å². The summed E-state index contributed by atoms with van der Waals surface area (Å²) >= 11 is 0. The number of nitrogens with zero attached hydrogens (tertiary/aromatic N) is 3. The van der Waals surface area contributed by atoms with Crippen molar-refractivity contribution in [2.75, 3.05) is 9.80 Å². The van der Waals surface area contributed by atoms with Crippen molar-refractivity contribution in [2.45, 2.75) is 19.3 Å². The van der Waals surface area contributed by atoms with Gasteiger partial charge in [-0.1, -0.05) is 199 Å². The first-order valence-electron chi connectivity index (χ1n) is 28.3. The van der Waals surface area contributed by atoms with E-state index in [1.165, 1.54) is 82.8 Å². The van der Waals surface area contributed by atoms with Crippen LogP contribution in [0.2, 0.25) is 0 Å². The second kappa shape index (κ2) is 16.7. The van der Waals surface area contributed by atoms with Crippen LogP contribution in [0.15, 0.2) is 270 Å². The highest BCUT2D eigenvalue weighted by molar-refractivity contribution is 6.22. The van der Waals surface area contributed by atoms with E-state index >= 15 is 0 Å². The predicted molar refractivity (Wildman–Crippen MR) is 340 cm³/mol. The first-order chi connectivity index (χ1) is 40.5. The van der Waals surface area contributed by atoms with E-state index in [4.69, 9.17) is 8.83 Å². The lowest BCUT2D eigenvalue weighted by atomic mass is 9.65. The fraction of sp³-hybridized carbons (Fsp3) is 0.0390. The van der Waals surface area contributed by atoms with E-state index in [2.05, 4.69) is 289 Å². The maximum Gasteiger partial charge on any atom is 0.159 e. The number of para-hydroxylation sites is 7. The van der Waals surface area contributed by atoms with Gasteiger partial charge in [-0.3, -0.25) is 0 Å². The molecule has 1 aliphatic carbocycles. The van der Waals surface area contributed by atoms with Crippen LogP contribution in [-0.4, -0.2) is 4.57 Å². The van der Waals surface area contributed by atoms with Crippen LogP contribution in [0.4, 0.5) is 34.1 Å². The number of fused-ring (bicyclic) bond motifs is 22. The fourth-order valence-corrected chi connectivity index (χ4v) is 14.7. The third-order valence-electron chi connectivity index (χ3n) is 18.1. The maximum absolute atomic E-state index is 7.00. The van der Waals surface area contributed by atoms with E-state index in [1.54, 1.807) is 0 Å². The van der Waals surface area contributed by atoms with Gasteiger partial charge in [0.2, 0.25) is 0 Å². The molecule has 384 valence electrons. The van der Waals surface area contributed by atoms with Crippen molar-refractivity contribution in [3.05, 3.63) is 294 Å². The average molecular weight is 1050 g/mol. The Hall–Kier alpha value is -10.6. The fourth-order valence-electron chi connectivity index (χ4n) is 14.7. The first-order valence-corrected chi connectivity index (χ1v) is 28.3. The van der Waals surface area contributed by atoms with Gasteiger partial charge in [-0.25, -0.2) is 0 Å². The minimum atomic E-state index is -0.864. The van der Waals surface area contributed by atoms with Crippen molar-refractivity contribution in [3.8, 4) is 16.8 Å². The van der Waals surface area contributed by atoms with Gasteiger partial charge >= 0.3 is 0 Å². The van der Waals surface area contributed by atoms with Crippen LogP contribution in [0.3, 0.4) is 0 Å². The van der Waals surface area contributed by atoms with E-state index in [9.17, 15) is 0 Å². The number of furan rings is 2. The molecule has 5 nitrogen and oxygen atoms in total. The molecule has 0 atom stereocenters. The number of aromatic nitrogens is 1. The first kappa shape index (κ1) is 45.3. The molecule has 1 spiro atoms. The van der Waals surface area contributed by atoms with Gasteiger partial charge in [0.25, 0.3) is 0 Å². The Labute approximate surface area is 472 Å². The number of hydrogen-bond donors (Lipinski definition) is 0. The molecule has 0 unspecified atom stereocenters. The minimum absolute atomic E-state index is 0.843. The summed E-state index contributed by atoms with van der Waals surface area (Å²) in [5.74, 6) is 0. The van der Waals surface area contributed by atoms with Crippen molar-refractivity contribution in [1.29, 1.82) is 0 Å². The van der Waals surface area contributed by atoms with Crippen LogP contribution in [0.25, 0.3) is 104 Å². The van der Waals surface area contributed by atoms with Crippen LogP contribution in [0.5, 0.6) is 0 Å². The number of aryl methyl sites for hydroxylation is 2. The van der Waals surface area contributed by atoms with Crippen molar-refractivity contribution in [2.24, 2.45) is 0 Å². The van der Waals surface area contributed by atoms with Crippen molar-refractivity contribution >= 4 is 121 Å². The van der Waals surface area contributed by atoms with Gasteiger partial charge in [-0.2, -0.15) is 0 Å². The Morgan fingerprint density at radius 2 is 0.732 bits per heavy atom. The van der Waals surface area contributed by atoms with E-state index < -0.39 is 5.41 Å². The number of rotatable bonds is 6. The lowest BCUT2D eigenvalue weighted by Gasteiger charge is -2.40. The van der Waals surface area contributed by atoms with Gasteiger partial charge < -0.3 is 23.2 Å². The molecule has 18 rings (SSSR count). The van der Waals surface area contributed by atoms with Gasteiger partial charge in [-0.15, -0.1) is 0 Å². The molecule has 1 aliphatic heterocycles. The smallest absolute Gasteiger partial charge is 0.159 e. The molecule has 0 bridgehead atoms. The second-order valence-electron chi connectivity index (χ2n) is 22.4. The molecule has 4 heterocycles. The van der Waals surface area contributed by atoms with E-state index in [-0.39, 0.29) is 0 Å². The van der Waals surface area contributed by atoms with Crippen LogP contribution >= 0.6 is 0 Å². The molecule has 3 aromatic heterocycles. The molecule has 0 amide bonds. The molecule has 5 heteroatoms. The monoisotopic (exact) mass is 1050 g/mol. The van der Waals surface area contributed by atoms with E-state index in [1.807, 2.05) is 0 Å². The van der Waals surface area contributed by atoms with Gasteiger partial charge in [0.1, 0.15) is 11.2 Å². The van der Waals surface area contributed by atoms with Crippen LogP contribution in [0, 0.1) is 13.8 Å². The molecule has 0 saturated carbocycles. The summed E-state index contributed by atoms with van der Waals surface area (Å²) in [6.45, 7) is 4.33. The van der Waals surface area contributed by atoms with Crippen LogP contribution in [0.1, 0.15) is 33.4 Å². The summed E-state index contributed by atoms with van der Waals surface area (Å²) in [6.07, 6.45) is 0. The highest BCUT2D eigenvalue weighted by Gasteiger charge is 2.53. The highest BCUT2D eigenvalue weighted by Crippen LogP contribution is 2.66. The third-order valence-corrected chi connectivity index (χ3v) is 18.1.